The zero-order chi connectivity index (χ0) is 17.6. The van der Waals surface area contributed by atoms with Crippen molar-refractivity contribution < 1.29 is 4.79 Å². The Morgan fingerprint density at radius 3 is 1.50 bits per heavy atom. The molecule has 136 valence electrons. The molecule has 0 spiro atoms. The number of halogens is 1. The molecule has 0 aliphatic carbocycles. The lowest BCUT2D eigenvalue weighted by Gasteiger charge is -2.18. The van der Waals surface area contributed by atoms with Crippen LogP contribution in [-0.2, 0) is 4.79 Å². The molecule has 0 bridgehead atoms. The molecule has 2 nitrogen and oxygen atoms in total. The minimum Gasteiger partial charge on any atom is -0.308 e. The maximum absolute atomic E-state index is 12.8. The quantitative estimate of drug-likeness (QED) is 0.561. The van der Waals surface area contributed by atoms with E-state index in [2.05, 4.69) is 66.4 Å². The molecule has 0 atom stereocenters. The van der Waals surface area contributed by atoms with E-state index in [9.17, 15) is 4.79 Å². The van der Waals surface area contributed by atoms with Gasteiger partial charge >= 0.3 is 0 Å². The first-order valence-electron chi connectivity index (χ1n) is 8.14. The number of thioether (sulfide) groups is 2. The average molecular weight is 404 g/mol. The lowest BCUT2D eigenvalue weighted by atomic mass is 9.95. The normalized spacial score (nSPS) is 17.4. The molecule has 1 aliphatic heterocycles. The Labute approximate surface area is 169 Å². The van der Waals surface area contributed by atoms with E-state index in [0.29, 0.717) is 13.1 Å². The van der Waals surface area contributed by atoms with E-state index in [-0.39, 0.29) is 18.2 Å². The molecular weight excluding hydrogens is 382 g/mol. The molecule has 1 heterocycles. The first kappa shape index (κ1) is 20.8. The molecular formula is C21H22ClNOS2. The minimum absolute atomic E-state index is 0. The van der Waals surface area contributed by atoms with E-state index in [1.165, 1.54) is 9.79 Å². The molecule has 0 radical (unpaired) electrons. The van der Waals surface area contributed by atoms with Gasteiger partial charge in [0.05, 0.1) is 0 Å². The van der Waals surface area contributed by atoms with E-state index >= 15 is 0 Å². The maximum Gasteiger partial charge on any atom is 0.187 e. The van der Waals surface area contributed by atoms with Gasteiger partial charge in [-0.05, 0) is 60.1 Å². The zero-order valence-corrected chi connectivity index (χ0v) is 17.3. The molecule has 26 heavy (non-hydrogen) atoms. The summed E-state index contributed by atoms with van der Waals surface area (Å²) < 4.78 is 0. The van der Waals surface area contributed by atoms with E-state index in [1.54, 1.807) is 23.5 Å². The molecule has 0 aromatic heterocycles. The number of carbonyl (C=O) groups is 1. The van der Waals surface area contributed by atoms with Crippen molar-refractivity contribution >= 4 is 53.9 Å². The van der Waals surface area contributed by atoms with Crippen molar-refractivity contribution in [2.75, 3.05) is 25.6 Å². The molecule has 1 fully saturated rings. The van der Waals surface area contributed by atoms with Crippen LogP contribution in [-0.4, -0.2) is 31.4 Å². The van der Waals surface area contributed by atoms with Crippen LogP contribution >= 0.6 is 35.9 Å². The van der Waals surface area contributed by atoms with Crippen molar-refractivity contribution in [2.45, 2.75) is 9.79 Å². The summed E-state index contributed by atoms with van der Waals surface area (Å²) in [4.78, 5) is 15.2. The van der Waals surface area contributed by atoms with Gasteiger partial charge < -0.3 is 5.32 Å². The second kappa shape index (κ2) is 10.0. The fourth-order valence-corrected chi connectivity index (χ4v) is 3.55. The monoisotopic (exact) mass is 403 g/mol. The van der Waals surface area contributed by atoms with Crippen molar-refractivity contribution in [3.8, 4) is 0 Å². The van der Waals surface area contributed by atoms with Gasteiger partial charge in [-0.1, -0.05) is 24.3 Å². The van der Waals surface area contributed by atoms with Crippen molar-refractivity contribution in [1.29, 1.82) is 0 Å². The van der Waals surface area contributed by atoms with Crippen LogP contribution in [0.4, 0.5) is 0 Å². The Morgan fingerprint density at radius 2 is 1.15 bits per heavy atom. The SMILES string of the molecule is CSc1ccc(/C=C2\CNC/C(=C\c3ccc(SC)cc3)C2=O)cc1.Cl. The lowest BCUT2D eigenvalue weighted by molar-refractivity contribution is -0.112. The van der Waals surface area contributed by atoms with Gasteiger partial charge in [-0.2, -0.15) is 0 Å². The Hall–Kier alpha value is -1.46. The molecule has 3 rings (SSSR count). The van der Waals surface area contributed by atoms with Gasteiger partial charge in [0.25, 0.3) is 0 Å². The molecule has 0 saturated carbocycles. The number of carbonyl (C=O) groups excluding carboxylic acids is 1. The van der Waals surface area contributed by atoms with Crippen LogP contribution in [0.25, 0.3) is 12.2 Å². The predicted octanol–water partition coefficient (Wildman–Crippen LogP) is 5.19. The number of hydrogen-bond acceptors (Lipinski definition) is 4. The van der Waals surface area contributed by atoms with E-state index in [0.717, 1.165) is 22.3 Å². The molecule has 5 heteroatoms. The second-order valence-corrected chi connectivity index (χ2v) is 7.58. The summed E-state index contributed by atoms with van der Waals surface area (Å²) >= 11 is 3.44. The highest BCUT2D eigenvalue weighted by Crippen LogP contribution is 2.21. The molecule has 0 amide bonds. The Balaban J connectivity index is 0.00000243. The van der Waals surface area contributed by atoms with Crippen LogP contribution in [0, 0.1) is 0 Å². The van der Waals surface area contributed by atoms with Crippen molar-refractivity contribution in [2.24, 2.45) is 0 Å². The molecule has 1 aliphatic rings. The van der Waals surface area contributed by atoms with Gasteiger partial charge in [-0.25, -0.2) is 0 Å². The molecule has 2 aromatic rings. The van der Waals surface area contributed by atoms with Gasteiger partial charge in [-0.15, -0.1) is 35.9 Å². The summed E-state index contributed by atoms with van der Waals surface area (Å²) in [6.07, 6.45) is 8.10. The maximum atomic E-state index is 12.8. The Kier molecular flexibility index (Phi) is 8.04. The van der Waals surface area contributed by atoms with Gasteiger partial charge in [0.1, 0.15) is 0 Å². The highest BCUT2D eigenvalue weighted by molar-refractivity contribution is 7.98. The third-order valence-electron chi connectivity index (χ3n) is 4.13. The van der Waals surface area contributed by atoms with Crippen molar-refractivity contribution in [1.82, 2.24) is 5.32 Å². The molecule has 1 saturated heterocycles. The van der Waals surface area contributed by atoms with Gasteiger partial charge in [0.15, 0.2) is 5.78 Å². The summed E-state index contributed by atoms with van der Waals surface area (Å²) in [7, 11) is 0. The second-order valence-electron chi connectivity index (χ2n) is 5.82. The fourth-order valence-electron chi connectivity index (χ4n) is 2.73. The predicted molar refractivity (Wildman–Crippen MR) is 118 cm³/mol. The molecule has 0 unspecified atom stereocenters. The summed E-state index contributed by atoms with van der Waals surface area (Å²) in [5.41, 5.74) is 3.76. The fraction of sp³-hybridized carbons (Fsp3) is 0.190. The summed E-state index contributed by atoms with van der Waals surface area (Å²) in [6, 6.07) is 16.6. The third kappa shape index (κ3) is 5.27. The van der Waals surface area contributed by atoms with E-state index < -0.39 is 0 Å². The summed E-state index contributed by atoms with van der Waals surface area (Å²) in [5.74, 6) is 0.140. The number of nitrogens with one attached hydrogen (secondary N) is 1. The summed E-state index contributed by atoms with van der Waals surface area (Å²) in [5, 5.41) is 3.34. The number of rotatable bonds is 4. The number of Topliss-reactive ketones (excluding diaryl/α,β-unsaturated/α-hetero) is 1. The van der Waals surface area contributed by atoms with Crippen molar-refractivity contribution in [3.05, 3.63) is 70.8 Å². The van der Waals surface area contributed by atoms with Gasteiger partial charge in [0, 0.05) is 34.0 Å². The van der Waals surface area contributed by atoms with Crippen LogP contribution in [0.2, 0.25) is 0 Å². The van der Waals surface area contributed by atoms with E-state index in [1.807, 2.05) is 12.2 Å². The van der Waals surface area contributed by atoms with Gasteiger partial charge in [-0.3, -0.25) is 4.79 Å². The molecule has 2 aromatic carbocycles. The van der Waals surface area contributed by atoms with Gasteiger partial charge in [0.2, 0.25) is 0 Å². The number of benzene rings is 2. The topological polar surface area (TPSA) is 29.1 Å². The molecule has 1 N–H and O–H groups in total. The lowest BCUT2D eigenvalue weighted by Crippen LogP contribution is -2.32. The Bertz CT molecular complexity index is 743. The zero-order valence-electron chi connectivity index (χ0n) is 14.8. The summed E-state index contributed by atoms with van der Waals surface area (Å²) in [6.45, 7) is 1.23. The largest absolute Gasteiger partial charge is 0.308 e. The standard InChI is InChI=1S/C21H21NOS2.ClH/c1-24-19-7-3-15(4-8-19)11-17-13-22-14-18(21(17)23)12-16-5-9-20(25-2)10-6-16;/h3-12,22H,13-14H2,1-2H3;1H/b17-11+,18-12+;. The highest BCUT2D eigenvalue weighted by atomic mass is 35.5. The van der Waals surface area contributed by atoms with Crippen LogP contribution in [0.15, 0.2) is 69.5 Å². The van der Waals surface area contributed by atoms with Crippen LogP contribution in [0.1, 0.15) is 11.1 Å². The minimum atomic E-state index is 0. The van der Waals surface area contributed by atoms with Crippen LogP contribution in [0.3, 0.4) is 0 Å². The number of hydrogen-bond donors (Lipinski definition) is 1. The third-order valence-corrected chi connectivity index (χ3v) is 5.61. The van der Waals surface area contributed by atoms with Crippen LogP contribution < -0.4 is 5.32 Å². The average Bonchev–Trinajstić information content (AvgIpc) is 2.66. The Morgan fingerprint density at radius 1 is 0.769 bits per heavy atom. The van der Waals surface area contributed by atoms with Crippen molar-refractivity contribution in [3.63, 3.8) is 0 Å². The number of ketones is 1. The van der Waals surface area contributed by atoms with E-state index in [4.69, 9.17) is 0 Å². The highest BCUT2D eigenvalue weighted by Gasteiger charge is 2.20. The number of piperidine rings is 1. The first-order chi connectivity index (χ1) is 12.2. The smallest absolute Gasteiger partial charge is 0.187 e. The van der Waals surface area contributed by atoms with Crippen LogP contribution in [0.5, 0.6) is 0 Å². The first-order valence-corrected chi connectivity index (χ1v) is 10.6.